The number of ether oxygens (including phenoxy) is 1. The summed E-state index contributed by atoms with van der Waals surface area (Å²) in [4.78, 5) is 16.3. The van der Waals surface area contributed by atoms with E-state index < -0.39 is 0 Å². The largest absolute Gasteiger partial charge is 0.495 e. The number of pyridine rings is 1. The third-order valence-electron chi connectivity index (χ3n) is 3.52. The van der Waals surface area contributed by atoms with Crippen molar-refractivity contribution in [1.29, 1.82) is 0 Å². The lowest BCUT2D eigenvalue weighted by atomic mass is 10.1. The number of carbonyl (C=O) groups is 1. The predicted molar refractivity (Wildman–Crippen MR) is 79.0 cm³/mol. The lowest BCUT2D eigenvalue weighted by Crippen LogP contribution is -2.25. The van der Waals surface area contributed by atoms with Crippen LogP contribution in [-0.4, -0.2) is 27.8 Å². The van der Waals surface area contributed by atoms with Gasteiger partial charge in [-0.05, 0) is 26.0 Å². The molecule has 0 spiro atoms. The van der Waals surface area contributed by atoms with Crippen LogP contribution in [0.1, 0.15) is 22.6 Å². The van der Waals surface area contributed by atoms with Crippen molar-refractivity contribution in [1.82, 2.24) is 20.1 Å². The smallest absolute Gasteiger partial charge is 0.224 e. The van der Waals surface area contributed by atoms with Gasteiger partial charge in [-0.3, -0.25) is 14.5 Å². The van der Waals surface area contributed by atoms with Gasteiger partial charge >= 0.3 is 0 Å². The van der Waals surface area contributed by atoms with Gasteiger partial charge in [0.1, 0.15) is 11.4 Å². The molecule has 0 saturated heterocycles. The Morgan fingerprint density at radius 1 is 1.43 bits per heavy atom. The Labute approximate surface area is 124 Å². The molecule has 0 unspecified atom stereocenters. The van der Waals surface area contributed by atoms with Crippen molar-refractivity contribution in [3.8, 4) is 5.75 Å². The number of nitrogens with one attached hydrogen (secondary N) is 1. The molecule has 2 aromatic heterocycles. The normalized spacial score (nSPS) is 10.5. The Morgan fingerprint density at radius 2 is 2.19 bits per heavy atom. The molecule has 1 N–H and O–H groups in total. The molecule has 1 amide bonds. The molecule has 0 aliphatic rings. The zero-order chi connectivity index (χ0) is 15.4. The first-order chi connectivity index (χ1) is 10.0. The summed E-state index contributed by atoms with van der Waals surface area (Å²) in [5, 5.41) is 7.18. The number of carbonyl (C=O) groups excluding carboxylic acids is 1. The Balaban J connectivity index is 1.99. The minimum atomic E-state index is -0.0538. The molecule has 2 aromatic rings. The molecule has 0 aliphatic heterocycles. The summed E-state index contributed by atoms with van der Waals surface area (Å²) in [6.45, 7) is 4.23. The molecular weight excluding hydrogens is 268 g/mol. The fraction of sp³-hybridized carbons (Fsp3) is 0.400. The molecule has 0 aromatic carbocycles. The average Bonchev–Trinajstić information content (AvgIpc) is 2.72. The predicted octanol–water partition coefficient (Wildman–Crippen LogP) is 1.30. The number of rotatable bonds is 5. The first kappa shape index (κ1) is 15.0. The number of methoxy groups -OCH3 is 1. The van der Waals surface area contributed by atoms with Gasteiger partial charge in [0.15, 0.2) is 0 Å². The van der Waals surface area contributed by atoms with E-state index in [0.29, 0.717) is 24.4 Å². The molecule has 0 radical (unpaired) electrons. The van der Waals surface area contributed by atoms with E-state index in [2.05, 4.69) is 15.4 Å². The standard InChI is InChI=1S/C15H20N4O2/c1-10-12(11(2)19(3)18-10)8-15(20)17-9-13-14(21-4)6-5-7-16-13/h5-7H,8-9H2,1-4H3,(H,17,20). The lowest BCUT2D eigenvalue weighted by Gasteiger charge is -2.08. The summed E-state index contributed by atoms with van der Waals surface area (Å²) in [5.74, 6) is 0.619. The van der Waals surface area contributed by atoms with Crippen LogP contribution >= 0.6 is 0 Å². The van der Waals surface area contributed by atoms with Crippen LogP contribution in [0.25, 0.3) is 0 Å². The highest BCUT2D eigenvalue weighted by molar-refractivity contribution is 5.79. The fourth-order valence-electron chi connectivity index (χ4n) is 2.22. The number of hydrogen-bond donors (Lipinski definition) is 1. The first-order valence-corrected chi connectivity index (χ1v) is 6.76. The van der Waals surface area contributed by atoms with Gasteiger partial charge < -0.3 is 10.1 Å². The molecule has 2 heterocycles. The van der Waals surface area contributed by atoms with Crippen molar-refractivity contribution in [2.75, 3.05) is 7.11 Å². The molecule has 6 heteroatoms. The van der Waals surface area contributed by atoms with Crippen molar-refractivity contribution >= 4 is 5.91 Å². The van der Waals surface area contributed by atoms with Crippen LogP contribution in [0.2, 0.25) is 0 Å². The lowest BCUT2D eigenvalue weighted by molar-refractivity contribution is -0.120. The van der Waals surface area contributed by atoms with E-state index in [-0.39, 0.29) is 5.91 Å². The Bertz CT molecular complexity index is 649. The zero-order valence-electron chi connectivity index (χ0n) is 12.8. The minimum Gasteiger partial charge on any atom is -0.495 e. The van der Waals surface area contributed by atoms with Gasteiger partial charge in [0.05, 0.1) is 25.8 Å². The molecule has 0 fully saturated rings. The summed E-state index contributed by atoms with van der Waals surface area (Å²) in [5.41, 5.74) is 3.59. The summed E-state index contributed by atoms with van der Waals surface area (Å²) in [6.07, 6.45) is 2.00. The second-order valence-corrected chi connectivity index (χ2v) is 4.88. The third-order valence-corrected chi connectivity index (χ3v) is 3.52. The van der Waals surface area contributed by atoms with Crippen molar-refractivity contribution < 1.29 is 9.53 Å². The van der Waals surface area contributed by atoms with Crippen molar-refractivity contribution in [3.63, 3.8) is 0 Å². The first-order valence-electron chi connectivity index (χ1n) is 6.76. The summed E-state index contributed by atoms with van der Waals surface area (Å²) < 4.78 is 7.00. The van der Waals surface area contributed by atoms with Crippen LogP contribution in [0.5, 0.6) is 5.75 Å². The van der Waals surface area contributed by atoms with E-state index in [1.54, 1.807) is 24.1 Å². The van der Waals surface area contributed by atoms with Crippen LogP contribution < -0.4 is 10.1 Å². The maximum Gasteiger partial charge on any atom is 0.224 e. The summed E-state index contributed by atoms with van der Waals surface area (Å²) in [7, 11) is 3.47. The second kappa shape index (κ2) is 6.39. The van der Waals surface area contributed by atoms with E-state index in [1.165, 1.54) is 0 Å². The van der Waals surface area contributed by atoms with Crippen LogP contribution in [-0.2, 0) is 24.8 Å². The van der Waals surface area contributed by atoms with E-state index in [1.807, 2.05) is 27.0 Å². The van der Waals surface area contributed by atoms with E-state index >= 15 is 0 Å². The highest BCUT2D eigenvalue weighted by atomic mass is 16.5. The van der Waals surface area contributed by atoms with Gasteiger partial charge in [-0.25, -0.2) is 0 Å². The quantitative estimate of drug-likeness (QED) is 0.900. The number of aromatic nitrogens is 3. The maximum absolute atomic E-state index is 12.1. The van der Waals surface area contributed by atoms with E-state index in [4.69, 9.17) is 4.74 Å². The molecule has 0 atom stereocenters. The van der Waals surface area contributed by atoms with E-state index in [0.717, 1.165) is 17.0 Å². The Hall–Kier alpha value is -2.37. The highest BCUT2D eigenvalue weighted by Gasteiger charge is 2.14. The number of nitrogens with zero attached hydrogens (tertiary/aromatic N) is 3. The van der Waals surface area contributed by atoms with Gasteiger partial charge in [-0.2, -0.15) is 5.10 Å². The number of aryl methyl sites for hydroxylation is 2. The molecule has 0 aliphatic carbocycles. The van der Waals surface area contributed by atoms with Crippen LogP contribution in [0.4, 0.5) is 0 Å². The van der Waals surface area contributed by atoms with Crippen molar-refractivity contribution in [3.05, 3.63) is 41.0 Å². The van der Waals surface area contributed by atoms with E-state index in [9.17, 15) is 4.79 Å². The average molecular weight is 288 g/mol. The molecule has 6 nitrogen and oxygen atoms in total. The van der Waals surface area contributed by atoms with Crippen LogP contribution in [0, 0.1) is 13.8 Å². The molecule has 2 rings (SSSR count). The Morgan fingerprint density at radius 3 is 2.81 bits per heavy atom. The van der Waals surface area contributed by atoms with Gasteiger partial charge in [0, 0.05) is 24.5 Å². The molecule has 0 saturated carbocycles. The number of hydrogen-bond acceptors (Lipinski definition) is 4. The van der Waals surface area contributed by atoms with Gasteiger partial charge in [-0.1, -0.05) is 0 Å². The molecule has 112 valence electrons. The highest BCUT2D eigenvalue weighted by Crippen LogP contribution is 2.15. The maximum atomic E-state index is 12.1. The van der Waals surface area contributed by atoms with Crippen LogP contribution in [0.15, 0.2) is 18.3 Å². The fourth-order valence-corrected chi connectivity index (χ4v) is 2.22. The number of amides is 1. The SMILES string of the molecule is COc1cccnc1CNC(=O)Cc1c(C)nn(C)c1C. The topological polar surface area (TPSA) is 69.0 Å². The van der Waals surface area contributed by atoms with Crippen molar-refractivity contribution in [2.45, 2.75) is 26.8 Å². The molecule has 0 bridgehead atoms. The summed E-state index contributed by atoms with van der Waals surface area (Å²) >= 11 is 0. The Kier molecular flexibility index (Phi) is 4.57. The molecule has 21 heavy (non-hydrogen) atoms. The van der Waals surface area contributed by atoms with Gasteiger partial charge in [0.2, 0.25) is 5.91 Å². The monoisotopic (exact) mass is 288 g/mol. The summed E-state index contributed by atoms with van der Waals surface area (Å²) in [6, 6.07) is 3.62. The minimum absolute atomic E-state index is 0.0538. The third kappa shape index (κ3) is 3.39. The van der Waals surface area contributed by atoms with Gasteiger partial charge in [0.25, 0.3) is 0 Å². The zero-order valence-corrected chi connectivity index (χ0v) is 12.8. The van der Waals surface area contributed by atoms with Gasteiger partial charge in [-0.15, -0.1) is 0 Å². The van der Waals surface area contributed by atoms with Crippen LogP contribution in [0.3, 0.4) is 0 Å². The molecular formula is C15H20N4O2. The van der Waals surface area contributed by atoms with Crippen molar-refractivity contribution in [2.24, 2.45) is 7.05 Å². The second-order valence-electron chi connectivity index (χ2n) is 4.88.